The first-order valence-electron chi connectivity index (χ1n) is 39.3. The Balaban J connectivity index is 3.92. The van der Waals surface area contributed by atoms with Crippen LogP contribution < -0.4 is 0 Å². The van der Waals surface area contributed by atoms with Gasteiger partial charge >= 0.3 is 19.8 Å². The second-order valence-electron chi connectivity index (χ2n) is 27.7. The van der Waals surface area contributed by atoms with Gasteiger partial charge in [-0.15, -0.1) is 0 Å². The summed E-state index contributed by atoms with van der Waals surface area (Å²) in [5.74, 6) is -0.778. The molecule has 0 fully saturated rings. The van der Waals surface area contributed by atoms with Crippen LogP contribution in [0.3, 0.4) is 0 Å². The van der Waals surface area contributed by atoms with Crippen LogP contribution in [0.4, 0.5) is 0 Å². The average Bonchev–Trinajstić information content (AvgIpc) is 2.23. The number of hydrogen-bond acceptors (Lipinski definition) is 7. The summed E-state index contributed by atoms with van der Waals surface area (Å²) in [6.45, 7) is 4.38. The molecule has 0 aromatic carbocycles. The van der Waals surface area contributed by atoms with Crippen LogP contribution in [0.25, 0.3) is 0 Å². The second kappa shape index (κ2) is 72.5. The highest BCUT2D eigenvalue weighted by molar-refractivity contribution is 7.47. The van der Waals surface area contributed by atoms with E-state index in [0.717, 1.165) is 70.6 Å². The molecule has 0 amide bonds. The van der Waals surface area contributed by atoms with Gasteiger partial charge in [0.2, 0.25) is 0 Å². The van der Waals surface area contributed by atoms with Gasteiger partial charge in [-0.25, -0.2) is 4.57 Å². The number of carbonyl (C=O) groups excluding carboxylic acids is 2. The quantitative estimate of drug-likeness (QED) is 0.0211. The maximum absolute atomic E-state index is 12.9. The van der Waals surface area contributed by atoms with Crippen molar-refractivity contribution in [3.63, 3.8) is 0 Å². The SMILES string of the molecule is CC/C=C\C/C=C\C/C=C\C/C=C\C/C=C\C/C=C\CCCCCCCCCCCCCCCCCCCCCCCCC(=O)OC(COC(=O)CCCCCCCCCCCCCCCCC/C=C\CCCCCCCCCC)COP(=O)(O)OCC[N+](C)(C)C. The van der Waals surface area contributed by atoms with E-state index in [4.69, 9.17) is 18.5 Å². The summed E-state index contributed by atoms with van der Waals surface area (Å²) in [4.78, 5) is 36.0. The van der Waals surface area contributed by atoms with Crippen molar-refractivity contribution < 1.29 is 42.1 Å². The molecule has 0 aromatic heterocycles. The third-order valence-electron chi connectivity index (χ3n) is 17.4. The van der Waals surface area contributed by atoms with Gasteiger partial charge in [0, 0.05) is 12.8 Å². The lowest BCUT2D eigenvalue weighted by molar-refractivity contribution is -0.870. The molecule has 0 heterocycles. The van der Waals surface area contributed by atoms with Crippen LogP contribution in [0.15, 0.2) is 85.1 Å². The van der Waals surface area contributed by atoms with Crippen molar-refractivity contribution >= 4 is 19.8 Å². The van der Waals surface area contributed by atoms with Crippen molar-refractivity contribution in [3.8, 4) is 0 Å². The molecular weight excluding hydrogens is 1160 g/mol. The van der Waals surface area contributed by atoms with E-state index in [1.807, 2.05) is 21.1 Å². The molecular formula is C82H151NO8P+. The zero-order chi connectivity index (χ0) is 66.9. The summed E-state index contributed by atoms with van der Waals surface area (Å²) in [5, 5.41) is 0. The van der Waals surface area contributed by atoms with E-state index in [2.05, 4.69) is 98.9 Å². The maximum Gasteiger partial charge on any atom is 0.472 e. The molecule has 2 unspecified atom stereocenters. The third kappa shape index (κ3) is 76.2. The molecule has 0 radical (unpaired) electrons. The Morgan fingerprint density at radius 1 is 0.348 bits per heavy atom. The number of esters is 2. The molecule has 0 bridgehead atoms. The number of carbonyl (C=O) groups is 2. The first kappa shape index (κ1) is 89.2. The predicted octanol–water partition coefficient (Wildman–Crippen LogP) is 26.1. The Morgan fingerprint density at radius 3 is 0.935 bits per heavy atom. The van der Waals surface area contributed by atoms with Crippen molar-refractivity contribution in [2.24, 2.45) is 0 Å². The van der Waals surface area contributed by atoms with Crippen molar-refractivity contribution in [1.29, 1.82) is 0 Å². The largest absolute Gasteiger partial charge is 0.472 e. The Hall–Kier alpha value is -2.81. The fourth-order valence-electron chi connectivity index (χ4n) is 11.4. The highest BCUT2D eigenvalue weighted by Crippen LogP contribution is 2.43. The number of likely N-dealkylation sites (N-methyl/N-ethyl adjacent to an activating group) is 1. The third-order valence-corrected chi connectivity index (χ3v) is 18.4. The fourth-order valence-corrected chi connectivity index (χ4v) is 12.2. The molecule has 92 heavy (non-hydrogen) atoms. The summed E-state index contributed by atoms with van der Waals surface area (Å²) in [6, 6.07) is 0. The summed E-state index contributed by atoms with van der Waals surface area (Å²) < 4.78 is 34.8. The fraction of sp³-hybridized carbons (Fsp3) is 0.805. The first-order valence-corrected chi connectivity index (χ1v) is 40.8. The van der Waals surface area contributed by atoms with Gasteiger partial charge in [-0.2, -0.15) is 0 Å². The van der Waals surface area contributed by atoms with Crippen molar-refractivity contribution in [2.75, 3.05) is 47.5 Å². The van der Waals surface area contributed by atoms with E-state index >= 15 is 0 Å². The smallest absolute Gasteiger partial charge is 0.462 e. The Kier molecular flexibility index (Phi) is 70.2. The zero-order valence-corrected chi connectivity index (χ0v) is 62.2. The van der Waals surface area contributed by atoms with E-state index in [0.29, 0.717) is 23.9 Å². The van der Waals surface area contributed by atoms with E-state index < -0.39 is 26.5 Å². The van der Waals surface area contributed by atoms with Gasteiger partial charge in [0.25, 0.3) is 0 Å². The van der Waals surface area contributed by atoms with E-state index in [1.54, 1.807) is 0 Å². The number of rotatable bonds is 73. The van der Waals surface area contributed by atoms with Gasteiger partial charge in [-0.05, 0) is 89.9 Å². The molecule has 0 aromatic rings. The number of allylic oxidation sites excluding steroid dienone is 14. The molecule has 0 saturated carbocycles. The monoisotopic (exact) mass is 1310 g/mol. The minimum absolute atomic E-state index is 0.0328. The van der Waals surface area contributed by atoms with Crippen molar-refractivity contribution in [3.05, 3.63) is 85.1 Å². The van der Waals surface area contributed by atoms with Gasteiger partial charge in [-0.3, -0.25) is 18.6 Å². The molecule has 0 rings (SSSR count). The lowest BCUT2D eigenvalue weighted by atomic mass is 10.0. The van der Waals surface area contributed by atoms with Gasteiger partial charge in [0.15, 0.2) is 6.10 Å². The molecule has 10 heteroatoms. The lowest BCUT2D eigenvalue weighted by Crippen LogP contribution is -2.37. The van der Waals surface area contributed by atoms with Crippen LogP contribution in [-0.2, 0) is 32.7 Å². The Bertz CT molecular complexity index is 1830. The van der Waals surface area contributed by atoms with Crippen LogP contribution in [0, 0.1) is 0 Å². The van der Waals surface area contributed by atoms with Crippen LogP contribution in [0.1, 0.15) is 373 Å². The molecule has 0 spiro atoms. The van der Waals surface area contributed by atoms with Crippen molar-refractivity contribution in [1.82, 2.24) is 0 Å². The average molecular weight is 1310 g/mol. The molecule has 0 aliphatic heterocycles. The number of quaternary nitrogens is 1. The van der Waals surface area contributed by atoms with Gasteiger partial charge in [-0.1, -0.05) is 356 Å². The van der Waals surface area contributed by atoms with Gasteiger partial charge in [0.05, 0.1) is 27.7 Å². The number of phosphoric ester groups is 1. The zero-order valence-electron chi connectivity index (χ0n) is 61.3. The molecule has 536 valence electrons. The summed E-state index contributed by atoms with van der Waals surface area (Å²) in [6.07, 6.45) is 100. The number of phosphoric acid groups is 1. The first-order chi connectivity index (χ1) is 45.0. The van der Waals surface area contributed by atoms with E-state index in [9.17, 15) is 19.0 Å². The minimum Gasteiger partial charge on any atom is -0.462 e. The minimum atomic E-state index is -4.39. The molecule has 1 N–H and O–H groups in total. The molecule has 2 atom stereocenters. The molecule has 0 aliphatic rings. The highest BCUT2D eigenvalue weighted by Gasteiger charge is 2.27. The van der Waals surface area contributed by atoms with Gasteiger partial charge < -0.3 is 18.9 Å². The number of hydrogen-bond donors (Lipinski definition) is 1. The Morgan fingerprint density at radius 2 is 0.620 bits per heavy atom. The van der Waals surface area contributed by atoms with Crippen LogP contribution in [0.2, 0.25) is 0 Å². The Labute approximate surface area is 571 Å². The van der Waals surface area contributed by atoms with Crippen LogP contribution in [-0.4, -0.2) is 74.9 Å². The number of unbranched alkanes of at least 4 members (excludes halogenated alkanes) is 45. The van der Waals surface area contributed by atoms with Crippen molar-refractivity contribution in [2.45, 2.75) is 380 Å². The van der Waals surface area contributed by atoms with Crippen LogP contribution >= 0.6 is 7.82 Å². The van der Waals surface area contributed by atoms with Gasteiger partial charge in [0.1, 0.15) is 19.8 Å². The standard InChI is InChI=1S/C82H150NO8P/c1-6-8-10-12-14-16-18-20-22-24-26-28-30-32-34-35-36-37-38-39-40-41-42-43-44-45-46-47-49-51-53-55-57-59-61-63-65-67-69-71-73-75-82(85)91-80(79-90-92(86,87)89-77-76-83(3,4)5)78-88-81(84)74-72-70-68-66-64-62-60-58-56-54-52-50-48-33-31-29-27-25-23-21-19-17-15-13-11-9-7-2/h8,10,14,16,20,22,25-28,32,34,36-37,80H,6-7,9,11-13,15,17-19,21,23-24,29-31,33,35,38-79H2,1-5H3/p+1/b10-8-,16-14-,22-20-,27-25-,28-26-,34-32-,37-36-. The van der Waals surface area contributed by atoms with Crippen LogP contribution in [0.5, 0.6) is 0 Å². The van der Waals surface area contributed by atoms with E-state index in [1.165, 1.54) is 270 Å². The summed E-state index contributed by atoms with van der Waals surface area (Å²) in [7, 11) is 1.49. The lowest BCUT2D eigenvalue weighted by Gasteiger charge is -2.24. The second-order valence-corrected chi connectivity index (χ2v) is 29.2. The normalized spacial score (nSPS) is 13.5. The number of nitrogens with zero attached hydrogens (tertiary/aromatic N) is 1. The predicted molar refractivity (Wildman–Crippen MR) is 399 cm³/mol. The summed E-state index contributed by atoms with van der Waals surface area (Å²) >= 11 is 0. The van der Waals surface area contributed by atoms with E-state index in [-0.39, 0.29) is 25.6 Å². The molecule has 9 nitrogen and oxygen atoms in total. The molecule has 0 saturated heterocycles. The number of ether oxygens (including phenoxy) is 2. The highest BCUT2D eigenvalue weighted by atomic mass is 31.2. The maximum atomic E-state index is 12.9. The summed E-state index contributed by atoms with van der Waals surface area (Å²) in [5.41, 5.74) is 0. The molecule has 0 aliphatic carbocycles. The topological polar surface area (TPSA) is 108 Å².